The van der Waals surface area contributed by atoms with E-state index in [0.717, 1.165) is 43.4 Å². The Morgan fingerprint density at radius 2 is 2.04 bits per heavy atom. The fraction of sp³-hybridized carbons (Fsp3) is 0.632. The Bertz CT molecular complexity index is 690. The summed E-state index contributed by atoms with van der Waals surface area (Å²) in [4.78, 5) is 14.1. The van der Waals surface area contributed by atoms with Crippen LogP contribution in [0.15, 0.2) is 22.9 Å². The van der Waals surface area contributed by atoms with Crippen molar-refractivity contribution in [1.29, 1.82) is 0 Å². The molecule has 3 heterocycles. The van der Waals surface area contributed by atoms with E-state index in [2.05, 4.69) is 45.9 Å². The number of rotatable bonds is 7. The third kappa shape index (κ3) is 3.54. The van der Waals surface area contributed by atoms with E-state index in [0.29, 0.717) is 17.9 Å². The molecule has 0 bridgehead atoms. The maximum absolute atomic E-state index is 5.40. The minimum absolute atomic E-state index is 0.509. The van der Waals surface area contributed by atoms with E-state index in [9.17, 15) is 0 Å². The molecular weight excluding hydrogens is 314 g/mol. The maximum Gasteiger partial charge on any atom is 0.259 e. The molecule has 1 aliphatic carbocycles. The molecule has 0 unspecified atom stereocenters. The molecule has 0 N–H and O–H groups in total. The van der Waals surface area contributed by atoms with Gasteiger partial charge < -0.3 is 14.3 Å². The third-order valence-electron chi connectivity index (χ3n) is 5.41. The van der Waals surface area contributed by atoms with Gasteiger partial charge in [0.05, 0.1) is 5.56 Å². The Balaban J connectivity index is 1.46. The van der Waals surface area contributed by atoms with Crippen LogP contribution in [0.1, 0.15) is 51.3 Å². The van der Waals surface area contributed by atoms with E-state index in [1.54, 1.807) is 0 Å². The van der Waals surface area contributed by atoms with Crippen molar-refractivity contribution in [2.45, 2.75) is 51.5 Å². The summed E-state index contributed by atoms with van der Waals surface area (Å²) in [7, 11) is 0. The number of aromatic nitrogens is 3. The predicted octanol–water partition coefficient (Wildman–Crippen LogP) is 3.32. The van der Waals surface area contributed by atoms with Gasteiger partial charge in [0.1, 0.15) is 5.82 Å². The normalized spacial score (nSPS) is 20.6. The van der Waals surface area contributed by atoms with Crippen LogP contribution in [0.5, 0.6) is 0 Å². The van der Waals surface area contributed by atoms with Crippen molar-refractivity contribution in [2.75, 3.05) is 31.1 Å². The second kappa shape index (κ2) is 7.12. The summed E-state index contributed by atoms with van der Waals surface area (Å²) < 4.78 is 5.40. The number of likely N-dealkylation sites (N-methyl/N-ethyl adjacent to an activating group) is 1. The second-order valence-corrected chi connectivity index (χ2v) is 7.11. The van der Waals surface area contributed by atoms with Gasteiger partial charge in [-0.05, 0) is 50.9 Å². The van der Waals surface area contributed by atoms with Crippen LogP contribution in [0.3, 0.4) is 0 Å². The Kier molecular flexibility index (Phi) is 4.70. The molecule has 0 spiro atoms. The number of pyridine rings is 1. The Labute approximate surface area is 149 Å². The SMILES string of the molecule is CCN(CC)C[C@H]1CCCN1c1ccc(-c2nc(C3CC3)no2)cn1. The molecule has 1 saturated heterocycles. The zero-order chi connectivity index (χ0) is 17.2. The lowest BCUT2D eigenvalue weighted by atomic mass is 10.2. The minimum atomic E-state index is 0.509. The average Bonchev–Trinajstić information content (AvgIpc) is 3.20. The van der Waals surface area contributed by atoms with Crippen molar-refractivity contribution in [3.63, 3.8) is 0 Å². The first kappa shape index (κ1) is 16.5. The molecule has 2 aromatic heterocycles. The first-order chi connectivity index (χ1) is 12.3. The summed E-state index contributed by atoms with van der Waals surface area (Å²) >= 11 is 0. The molecule has 6 heteroatoms. The highest BCUT2D eigenvalue weighted by Gasteiger charge is 2.29. The lowest BCUT2D eigenvalue weighted by molar-refractivity contribution is 0.283. The fourth-order valence-corrected chi connectivity index (χ4v) is 3.65. The number of anilines is 1. The van der Waals surface area contributed by atoms with E-state index in [1.807, 2.05) is 6.20 Å². The molecule has 1 saturated carbocycles. The Morgan fingerprint density at radius 1 is 1.20 bits per heavy atom. The molecule has 1 aliphatic heterocycles. The van der Waals surface area contributed by atoms with Gasteiger partial charge in [-0.2, -0.15) is 4.98 Å². The van der Waals surface area contributed by atoms with E-state index in [1.165, 1.54) is 25.7 Å². The third-order valence-corrected chi connectivity index (χ3v) is 5.41. The van der Waals surface area contributed by atoms with Crippen molar-refractivity contribution >= 4 is 5.82 Å². The van der Waals surface area contributed by atoms with Crippen LogP contribution < -0.4 is 4.90 Å². The van der Waals surface area contributed by atoms with Gasteiger partial charge in [0.2, 0.25) is 0 Å². The monoisotopic (exact) mass is 341 g/mol. The summed E-state index contributed by atoms with van der Waals surface area (Å²) in [6, 6.07) is 4.71. The van der Waals surface area contributed by atoms with Crippen LogP contribution in [0.2, 0.25) is 0 Å². The van der Waals surface area contributed by atoms with Gasteiger partial charge in [0.25, 0.3) is 5.89 Å². The molecule has 0 radical (unpaired) electrons. The summed E-state index contributed by atoms with van der Waals surface area (Å²) in [5.74, 6) is 3.00. The lowest BCUT2D eigenvalue weighted by Gasteiger charge is -2.30. The van der Waals surface area contributed by atoms with Gasteiger partial charge >= 0.3 is 0 Å². The minimum Gasteiger partial charge on any atom is -0.352 e. The smallest absolute Gasteiger partial charge is 0.259 e. The molecule has 134 valence electrons. The molecular formula is C19H27N5O. The van der Waals surface area contributed by atoms with Crippen LogP contribution in [-0.2, 0) is 0 Å². The van der Waals surface area contributed by atoms with Gasteiger partial charge in [-0.3, -0.25) is 0 Å². The standard InChI is InChI=1S/C19H27N5O/c1-3-23(4-2)13-16-6-5-11-24(16)17-10-9-15(12-20-17)19-21-18(22-25-19)14-7-8-14/h9-10,12,14,16H,3-8,11,13H2,1-2H3/t16-/m1/s1. The highest BCUT2D eigenvalue weighted by molar-refractivity contribution is 5.55. The highest BCUT2D eigenvalue weighted by atomic mass is 16.5. The largest absolute Gasteiger partial charge is 0.352 e. The van der Waals surface area contributed by atoms with Crippen LogP contribution in [0, 0.1) is 0 Å². The molecule has 1 atom stereocenters. The van der Waals surface area contributed by atoms with Gasteiger partial charge in [-0.15, -0.1) is 0 Å². The maximum atomic E-state index is 5.40. The first-order valence-electron chi connectivity index (χ1n) is 9.57. The van der Waals surface area contributed by atoms with Gasteiger partial charge in [-0.25, -0.2) is 4.98 Å². The van der Waals surface area contributed by atoms with Crippen LogP contribution in [-0.4, -0.2) is 52.2 Å². The summed E-state index contributed by atoms with van der Waals surface area (Å²) in [5.41, 5.74) is 0.905. The molecule has 0 aromatic carbocycles. The number of hydrogen-bond acceptors (Lipinski definition) is 6. The average molecular weight is 341 g/mol. The Hall–Kier alpha value is -1.95. The number of nitrogens with zero attached hydrogens (tertiary/aromatic N) is 5. The summed E-state index contributed by atoms with van der Waals surface area (Å²) in [6.45, 7) is 8.88. The zero-order valence-electron chi connectivity index (χ0n) is 15.2. The first-order valence-corrected chi connectivity index (χ1v) is 9.57. The lowest BCUT2D eigenvalue weighted by Crippen LogP contribution is -2.40. The van der Waals surface area contributed by atoms with Crippen LogP contribution >= 0.6 is 0 Å². The van der Waals surface area contributed by atoms with Crippen molar-refractivity contribution in [2.24, 2.45) is 0 Å². The van der Waals surface area contributed by atoms with Gasteiger partial charge in [-0.1, -0.05) is 19.0 Å². The molecule has 2 aliphatic rings. The van der Waals surface area contributed by atoms with Crippen molar-refractivity contribution in [3.8, 4) is 11.5 Å². The molecule has 2 aromatic rings. The van der Waals surface area contributed by atoms with Crippen LogP contribution in [0.25, 0.3) is 11.5 Å². The van der Waals surface area contributed by atoms with Gasteiger partial charge in [0.15, 0.2) is 5.82 Å². The van der Waals surface area contributed by atoms with Crippen molar-refractivity contribution < 1.29 is 4.52 Å². The van der Waals surface area contributed by atoms with Gasteiger partial charge in [0, 0.05) is 31.2 Å². The predicted molar refractivity (Wildman–Crippen MR) is 97.7 cm³/mol. The summed E-state index contributed by atoms with van der Waals surface area (Å²) in [6.07, 6.45) is 6.71. The topological polar surface area (TPSA) is 58.3 Å². The molecule has 0 amide bonds. The Morgan fingerprint density at radius 3 is 2.72 bits per heavy atom. The van der Waals surface area contributed by atoms with E-state index in [4.69, 9.17) is 9.51 Å². The van der Waals surface area contributed by atoms with E-state index >= 15 is 0 Å². The molecule has 25 heavy (non-hydrogen) atoms. The molecule has 4 rings (SSSR count). The summed E-state index contributed by atoms with van der Waals surface area (Å²) in [5, 5.41) is 4.09. The molecule has 6 nitrogen and oxygen atoms in total. The van der Waals surface area contributed by atoms with E-state index < -0.39 is 0 Å². The fourth-order valence-electron chi connectivity index (χ4n) is 3.65. The van der Waals surface area contributed by atoms with E-state index in [-0.39, 0.29) is 0 Å². The highest BCUT2D eigenvalue weighted by Crippen LogP contribution is 2.38. The van der Waals surface area contributed by atoms with Crippen LogP contribution in [0.4, 0.5) is 5.82 Å². The quantitative estimate of drug-likeness (QED) is 0.770. The second-order valence-electron chi connectivity index (χ2n) is 7.11. The number of hydrogen-bond donors (Lipinski definition) is 0. The van der Waals surface area contributed by atoms with Crippen molar-refractivity contribution in [1.82, 2.24) is 20.0 Å². The zero-order valence-corrected chi connectivity index (χ0v) is 15.2. The van der Waals surface area contributed by atoms with Crippen molar-refractivity contribution in [3.05, 3.63) is 24.2 Å². The molecule has 2 fully saturated rings.